The van der Waals surface area contributed by atoms with Crippen molar-refractivity contribution in [3.05, 3.63) is 6.42 Å². The molecule has 37 valence electrons. The highest BCUT2D eigenvalue weighted by Crippen LogP contribution is 1.92. The van der Waals surface area contributed by atoms with Crippen molar-refractivity contribution < 1.29 is 0 Å². The quantitative estimate of drug-likeness (QED) is 0.382. The lowest BCUT2D eigenvalue weighted by atomic mass is 10.3. The van der Waals surface area contributed by atoms with Gasteiger partial charge in [-0.3, -0.25) is 0 Å². The van der Waals surface area contributed by atoms with Gasteiger partial charge in [0.05, 0.1) is 0 Å². The minimum atomic E-state index is 0.772. The first-order valence-corrected chi connectivity index (χ1v) is 2.83. The van der Waals surface area contributed by atoms with Gasteiger partial charge in [-0.15, -0.1) is 11.6 Å². The number of halogens is 1. The molecule has 0 nitrogen and oxygen atoms in total. The molecule has 0 saturated heterocycles. The molecule has 0 bridgehead atoms. The van der Waals surface area contributed by atoms with Crippen molar-refractivity contribution in [3.8, 4) is 0 Å². The molecule has 1 radical (unpaired) electrons. The molecular formula is C5H10Cl. The van der Waals surface area contributed by atoms with E-state index in [2.05, 4.69) is 13.3 Å². The van der Waals surface area contributed by atoms with Gasteiger partial charge >= 0.3 is 0 Å². The largest absolute Gasteiger partial charge is 0.127 e. The monoisotopic (exact) mass is 105 g/mol. The molecule has 0 aromatic rings. The smallest absolute Gasteiger partial charge is 0.0226 e. The van der Waals surface area contributed by atoms with Crippen LogP contribution in [0.25, 0.3) is 0 Å². The molecule has 0 aromatic heterocycles. The van der Waals surface area contributed by atoms with E-state index in [1.54, 1.807) is 0 Å². The summed E-state index contributed by atoms with van der Waals surface area (Å²) in [7, 11) is 0. The third-order valence-electron chi connectivity index (χ3n) is 0.602. The van der Waals surface area contributed by atoms with Crippen molar-refractivity contribution in [2.75, 3.05) is 5.88 Å². The summed E-state index contributed by atoms with van der Waals surface area (Å²) in [4.78, 5) is 0. The third-order valence-corrected chi connectivity index (χ3v) is 0.820. The Kier molecular flexibility index (Phi) is 5.55. The topological polar surface area (TPSA) is 0 Å². The SMILES string of the molecule is CC[CH]CCCl. The number of rotatable bonds is 3. The highest BCUT2D eigenvalue weighted by Gasteiger charge is 1.77. The lowest BCUT2D eigenvalue weighted by molar-refractivity contribution is 0.976. The number of hydrogen-bond acceptors (Lipinski definition) is 0. The summed E-state index contributed by atoms with van der Waals surface area (Å²) in [5, 5.41) is 0. The normalized spacial score (nSPS) is 9.00. The van der Waals surface area contributed by atoms with Crippen molar-refractivity contribution in [1.29, 1.82) is 0 Å². The van der Waals surface area contributed by atoms with Gasteiger partial charge < -0.3 is 0 Å². The standard InChI is InChI=1S/C5H10Cl/c1-2-3-4-5-6/h3H,2,4-5H2,1H3. The second kappa shape index (κ2) is 5.29. The Morgan fingerprint density at radius 1 is 1.67 bits per heavy atom. The Labute approximate surface area is 44.5 Å². The van der Waals surface area contributed by atoms with E-state index in [0.29, 0.717) is 0 Å². The summed E-state index contributed by atoms with van der Waals surface area (Å²) in [6, 6.07) is 0. The molecule has 0 aliphatic heterocycles. The first kappa shape index (κ1) is 6.29. The molecule has 0 N–H and O–H groups in total. The summed E-state index contributed by atoms with van der Waals surface area (Å²) < 4.78 is 0. The van der Waals surface area contributed by atoms with E-state index < -0.39 is 0 Å². The summed E-state index contributed by atoms with van der Waals surface area (Å²) in [5.74, 6) is 0.772. The van der Waals surface area contributed by atoms with Crippen molar-refractivity contribution in [1.82, 2.24) is 0 Å². The van der Waals surface area contributed by atoms with Gasteiger partial charge in [-0.25, -0.2) is 0 Å². The maximum absolute atomic E-state index is 5.35. The number of alkyl halides is 1. The number of hydrogen-bond donors (Lipinski definition) is 0. The Hall–Kier alpha value is 0.290. The predicted octanol–water partition coefficient (Wildman–Crippen LogP) is 2.23. The molecule has 0 aliphatic carbocycles. The third kappa shape index (κ3) is 4.29. The lowest BCUT2D eigenvalue weighted by Gasteiger charge is -1.84. The minimum Gasteiger partial charge on any atom is -0.127 e. The van der Waals surface area contributed by atoms with Gasteiger partial charge in [-0.1, -0.05) is 13.3 Å². The zero-order valence-corrected chi connectivity index (χ0v) is 4.83. The van der Waals surface area contributed by atoms with Gasteiger partial charge in [0.15, 0.2) is 0 Å². The highest BCUT2D eigenvalue weighted by molar-refractivity contribution is 6.17. The van der Waals surface area contributed by atoms with Crippen LogP contribution in [0.1, 0.15) is 19.8 Å². The van der Waals surface area contributed by atoms with Crippen LogP contribution in [-0.4, -0.2) is 5.88 Å². The van der Waals surface area contributed by atoms with Gasteiger partial charge in [-0.05, 0) is 12.8 Å². The van der Waals surface area contributed by atoms with Crippen LogP contribution >= 0.6 is 11.6 Å². The van der Waals surface area contributed by atoms with E-state index >= 15 is 0 Å². The van der Waals surface area contributed by atoms with Crippen LogP contribution in [0.15, 0.2) is 0 Å². The second-order valence-electron chi connectivity index (χ2n) is 1.17. The zero-order chi connectivity index (χ0) is 4.83. The first-order chi connectivity index (χ1) is 2.91. The lowest BCUT2D eigenvalue weighted by Crippen LogP contribution is -1.72. The van der Waals surface area contributed by atoms with Gasteiger partial charge in [0.25, 0.3) is 0 Å². The van der Waals surface area contributed by atoms with E-state index in [1.807, 2.05) is 0 Å². The summed E-state index contributed by atoms with van der Waals surface area (Å²) in [5.41, 5.74) is 0. The maximum atomic E-state index is 5.35. The fourth-order valence-corrected chi connectivity index (χ4v) is 0.436. The van der Waals surface area contributed by atoms with Crippen LogP contribution in [-0.2, 0) is 0 Å². The van der Waals surface area contributed by atoms with Crippen molar-refractivity contribution in [2.45, 2.75) is 19.8 Å². The van der Waals surface area contributed by atoms with E-state index in [9.17, 15) is 0 Å². The Bertz CT molecular complexity index is 15.9. The predicted molar refractivity (Wildman–Crippen MR) is 29.9 cm³/mol. The van der Waals surface area contributed by atoms with E-state index in [4.69, 9.17) is 11.6 Å². The molecule has 0 rings (SSSR count). The van der Waals surface area contributed by atoms with Crippen molar-refractivity contribution in [3.63, 3.8) is 0 Å². The molecule has 0 saturated carbocycles. The molecule has 0 fully saturated rings. The fraction of sp³-hybridized carbons (Fsp3) is 0.800. The van der Waals surface area contributed by atoms with Crippen LogP contribution in [0.3, 0.4) is 0 Å². The first-order valence-electron chi connectivity index (χ1n) is 2.29. The highest BCUT2D eigenvalue weighted by atomic mass is 35.5. The van der Waals surface area contributed by atoms with Gasteiger partial charge in [0.1, 0.15) is 0 Å². The molecule has 0 aliphatic rings. The Morgan fingerprint density at radius 2 is 2.33 bits per heavy atom. The molecule has 1 heteroatoms. The molecule has 0 aromatic carbocycles. The van der Waals surface area contributed by atoms with Crippen LogP contribution in [0.4, 0.5) is 0 Å². The van der Waals surface area contributed by atoms with Crippen LogP contribution < -0.4 is 0 Å². The average Bonchev–Trinajstić information content (AvgIpc) is 1.61. The van der Waals surface area contributed by atoms with Crippen LogP contribution in [0, 0.1) is 6.42 Å². The van der Waals surface area contributed by atoms with Crippen LogP contribution in [0.2, 0.25) is 0 Å². The summed E-state index contributed by atoms with van der Waals surface area (Å²) in [6.07, 6.45) is 4.37. The van der Waals surface area contributed by atoms with Crippen molar-refractivity contribution >= 4 is 11.6 Å². The molecule has 0 spiro atoms. The molecule has 0 amide bonds. The number of unbranched alkanes of at least 4 members (excludes halogenated alkanes) is 2. The van der Waals surface area contributed by atoms with Gasteiger partial charge in [-0.2, -0.15) is 0 Å². The second-order valence-corrected chi connectivity index (χ2v) is 1.55. The summed E-state index contributed by atoms with van der Waals surface area (Å²) in [6.45, 7) is 2.12. The van der Waals surface area contributed by atoms with Crippen LogP contribution in [0.5, 0.6) is 0 Å². The molecular weight excluding hydrogens is 95.5 g/mol. The Balaban J connectivity index is 2.34. The zero-order valence-electron chi connectivity index (χ0n) is 4.08. The van der Waals surface area contributed by atoms with Gasteiger partial charge in [0, 0.05) is 5.88 Å². The maximum Gasteiger partial charge on any atom is 0.0226 e. The summed E-state index contributed by atoms with van der Waals surface area (Å²) >= 11 is 5.35. The minimum absolute atomic E-state index is 0.772. The Morgan fingerprint density at radius 3 is 2.50 bits per heavy atom. The van der Waals surface area contributed by atoms with Gasteiger partial charge in [0.2, 0.25) is 0 Å². The molecule has 0 atom stereocenters. The fourth-order valence-electron chi connectivity index (χ4n) is 0.281. The molecule has 0 unspecified atom stereocenters. The van der Waals surface area contributed by atoms with E-state index in [-0.39, 0.29) is 0 Å². The van der Waals surface area contributed by atoms with E-state index in [1.165, 1.54) is 0 Å². The molecule has 0 heterocycles. The van der Waals surface area contributed by atoms with E-state index in [0.717, 1.165) is 18.7 Å². The average molecular weight is 106 g/mol. The molecule has 6 heavy (non-hydrogen) atoms. The van der Waals surface area contributed by atoms with Crippen molar-refractivity contribution in [2.24, 2.45) is 0 Å².